The maximum atomic E-state index is 12.5. The molecule has 1 heterocycles. The number of hydrogen-bond acceptors (Lipinski definition) is 2. The molecule has 1 amide bonds. The lowest BCUT2D eigenvalue weighted by atomic mass is 10.2. The van der Waals surface area contributed by atoms with Crippen LogP contribution in [-0.2, 0) is 10.7 Å². The van der Waals surface area contributed by atoms with Gasteiger partial charge in [0.05, 0.1) is 16.9 Å². The topological polar surface area (TPSA) is 38.1 Å². The second-order valence-corrected chi connectivity index (χ2v) is 4.97. The average Bonchev–Trinajstić information content (AvgIpc) is 2.86. The molecule has 5 heteroatoms. The van der Waals surface area contributed by atoms with Crippen LogP contribution in [0, 0.1) is 0 Å². The van der Waals surface area contributed by atoms with Gasteiger partial charge in [-0.1, -0.05) is 12.1 Å². The van der Waals surface area contributed by atoms with Crippen molar-refractivity contribution in [3.8, 4) is 0 Å². The Kier molecular flexibility index (Phi) is 4.65. The van der Waals surface area contributed by atoms with Gasteiger partial charge in [-0.2, -0.15) is 0 Å². The summed E-state index contributed by atoms with van der Waals surface area (Å²) in [5, 5.41) is 0. The molecule has 0 aliphatic carbocycles. The minimum absolute atomic E-state index is 0.101. The van der Waals surface area contributed by atoms with Crippen molar-refractivity contribution in [3.63, 3.8) is 0 Å². The fourth-order valence-electron chi connectivity index (χ4n) is 2.53. The molecule has 2 aromatic rings. The Balaban J connectivity index is 2.48. The van der Waals surface area contributed by atoms with Crippen LogP contribution < -0.4 is 0 Å². The highest BCUT2D eigenvalue weighted by atomic mass is 35.5. The van der Waals surface area contributed by atoms with Gasteiger partial charge >= 0.3 is 0 Å². The van der Waals surface area contributed by atoms with Crippen LogP contribution in [0.5, 0.6) is 0 Å². The quantitative estimate of drug-likeness (QED) is 0.794. The molecule has 1 atom stereocenters. The zero-order valence-electron chi connectivity index (χ0n) is 12.1. The first kappa shape index (κ1) is 14.9. The minimum atomic E-state index is -0.295. The van der Waals surface area contributed by atoms with E-state index in [4.69, 9.17) is 11.6 Å². The number of aromatic nitrogens is 2. The van der Waals surface area contributed by atoms with E-state index in [9.17, 15) is 4.79 Å². The van der Waals surface area contributed by atoms with E-state index in [0.29, 0.717) is 19.0 Å². The predicted molar refractivity (Wildman–Crippen MR) is 81.9 cm³/mol. The Bertz CT molecular complexity index is 604. The summed E-state index contributed by atoms with van der Waals surface area (Å²) in [4.78, 5) is 18.9. The monoisotopic (exact) mass is 293 g/mol. The lowest BCUT2D eigenvalue weighted by Crippen LogP contribution is -2.36. The molecule has 0 bridgehead atoms. The number of halogens is 1. The molecule has 0 fully saturated rings. The highest BCUT2D eigenvalue weighted by Crippen LogP contribution is 2.23. The molecule has 0 saturated carbocycles. The van der Waals surface area contributed by atoms with Crippen molar-refractivity contribution in [2.24, 2.45) is 0 Å². The van der Waals surface area contributed by atoms with E-state index in [-0.39, 0.29) is 11.9 Å². The average molecular weight is 294 g/mol. The molecule has 1 unspecified atom stereocenters. The van der Waals surface area contributed by atoms with E-state index >= 15 is 0 Å². The molecule has 108 valence electrons. The molecule has 0 saturated heterocycles. The Morgan fingerprint density at radius 3 is 2.60 bits per heavy atom. The summed E-state index contributed by atoms with van der Waals surface area (Å²) in [5.74, 6) is 1.13. The van der Waals surface area contributed by atoms with Crippen LogP contribution in [0.4, 0.5) is 0 Å². The van der Waals surface area contributed by atoms with Gasteiger partial charge in [-0.25, -0.2) is 4.98 Å². The summed E-state index contributed by atoms with van der Waals surface area (Å²) >= 11 is 5.99. The molecule has 0 aliphatic heterocycles. The van der Waals surface area contributed by atoms with Gasteiger partial charge in [0.2, 0.25) is 5.91 Å². The summed E-state index contributed by atoms with van der Waals surface area (Å²) < 4.78 is 1.95. The lowest BCUT2D eigenvalue weighted by molar-refractivity contribution is -0.133. The zero-order chi connectivity index (χ0) is 14.7. The Morgan fingerprint density at radius 1 is 1.35 bits per heavy atom. The molecule has 0 N–H and O–H groups in total. The molecule has 20 heavy (non-hydrogen) atoms. The van der Waals surface area contributed by atoms with E-state index < -0.39 is 0 Å². The van der Waals surface area contributed by atoms with Gasteiger partial charge in [-0.3, -0.25) is 4.79 Å². The fourth-order valence-corrected chi connectivity index (χ4v) is 2.72. The summed E-state index contributed by atoms with van der Waals surface area (Å²) in [6.07, 6.45) is 0. The van der Waals surface area contributed by atoms with Crippen molar-refractivity contribution in [3.05, 3.63) is 30.1 Å². The van der Waals surface area contributed by atoms with Crippen molar-refractivity contribution in [2.45, 2.75) is 32.7 Å². The van der Waals surface area contributed by atoms with Gasteiger partial charge in [-0.05, 0) is 32.9 Å². The number of hydrogen-bond donors (Lipinski definition) is 0. The second kappa shape index (κ2) is 6.27. The Hall–Kier alpha value is -1.55. The number of nitrogens with zero attached hydrogens (tertiary/aromatic N) is 3. The Morgan fingerprint density at radius 2 is 2.00 bits per heavy atom. The van der Waals surface area contributed by atoms with Crippen molar-refractivity contribution < 1.29 is 4.79 Å². The number of alkyl halides is 1. The molecule has 2 rings (SSSR count). The highest BCUT2D eigenvalue weighted by molar-refractivity contribution is 6.16. The third-order valence-corrected chi connectivity index (χ3v) is 3.85. The van der Waals surface area contributed by atoms with Gasteiger partial charge in [0.25, 0.3) is 0 Å². The fraction of sp³-hybridized carbons (Fsp3) is 0.467. The van der Waals surface area contributed by atoms with E-state index in [0.717, 1.165) is 16.9 Å². The van der Waals surface area contributed by atoms with Gasteiger partial charge < -0.3 is 9.47 Å². The normalized spacial score (nSPS) is 12.6. The molecule has 0 spiro atoms. The number of benzene rings is 1. The van der Waals surface area contributed by atoms with E-state index in [1.807, 2.05) is 54.5 Å². The van der Waals surface area contributed by atoms with Crippen LogP contribution in [0.1, 0.15) is 32.6 Å². The standard InChI is InChI=1S/C15H20ClN3O/c1-4-18(5-2)15(20)11(3)19-13-9-7-6-8-12(13)17-14(19)10-16/h6-9,11H,4-5,10H2,1-3H3. The van der Waals surface area contributed by atoms with Crippen LogP contribution >= 0.6 is 11.6 Å². The van der Waals surface area contributed by atoms with Gasteiger partial charge in [0.15, 0.2) is 0 Å². The van der Waals surface area contributed by atoms with E-state index in [2.05, 4.69) is 4.98 Å². The van der Waals surface area contributed by atoms with Crippen molar-refractivity contribution in [1.29, 1.82) is 0 Å². The lowest BCUT2D eigenvalue weighted by Gasteiger charge is -2.24. The predicted octanol–water partition coefficient (Wildman–Crippen LogP) is 3.20. The van der Waals surface area contributed by atoms with Crippen molar-refractivity contribution in [1.82, 2.24) is 14.5 Å². The van der Waals surface area contributed by atoms with E-state index in [1.54, 1.807) is 0 Å². The molecule has 1 aromatic carbocycles. The molecule has 0 aliphatic rings. The number of imidazole rings is 1. The third kappa shape index (κ3) is 2.52. The summed E-state index contributed by atoms with van der Waals surface area (Å²) in [6.45, 7) is 7.31. The summed E-state index contributed by atoms with van der Waals surface area (Å²) in [6, 6.07) is 7.51. The maximum Gasteiger partial charge on any atom is 0.245 e. The van der Waals surface area contributed by atoms with Crippen molar-refractivity contribution >= 4 is 28.5 Å². The number of fused-ring (bicyclic) bond motifs is 1. The largest absolute Gasteiger partial charge is 0.341 e. The zero-order valence-corrected chi connectivity index (χ0v) is 12.9. The third-order valence-electron chi connectivity index (χ3n) is 3.61. The molecule has 4 nitrogen and oxygen atoms in total. The van der Waals surface area contributed by atoms with Crippen LogP contribution in [0.2, 0.25) is 0 Å². The molecule has 0 radical (unpaired) electrons. The van der Waals surface area contributed by atoms with Crippen LogP contribution in [-0.4, -0.2) is 33.4 Å². The molecule has 1 aromatic heterocycles. The number of amides is 1. The second-order valence-electron chi connectivity index (χ2n) is 4.71. The Labute approximate surface area is 124 Å². The highest BCUT2D eigenvalue weighted by Gasteiger charge is 2.23. The number of carbonyl (C=O) groups is 1. The number of para-hydroxylation sites is 2. The minimum Gasteiger partial charge on any atom is -0.341 e. The van der Waals surface area contributed by atoms with Crippen LogP contribution in [0.15, 0.2) is 24.3 Å². The first-order valence-electron chi connectivity index (χ1n) is 6.94. The summed E-state index contributed by atoms with van der Waals surface area (Å²) in [5.41, 5.74) is 1.83. The number of likely N-dealkylation sites (N-methyl/N-ethyl adjacent to an activating group) is 1. The molecular formula is C15H20ClN3O. The van der Waals surface area contributed by atoms with Gasteiger partial charge in [0.1, 0.15) is 11.9 Å². The summed E-state index contributed by atoms with van der Waals surface area (Å²) in [7, 11) is 0. The first-order valence-corrected chi connectivity index (χ1v) is 7.48. The van der Waals surface area contributed by atoms with Gasteiger partial charge in [-0.15, -0.1) is 11.6 Å². The van der Waals surface area contributed by atoms with E-state index in [1.165, 1.54) is 0 Å². The first-order chi connectivity index (χ1) is 9.63. The number of carbonyl (C=O) groups excluding carboxylic acids is 1. The SMILES string of the molecule is CCN(CC)C(=O)C(C)n1c(CCl)nc2ccccc21. The van der Waals surface area contributed by atoms with Crippen molar-refractivity contribution in [2.75, 3.05) is 13.1 Å². The number of rotatable bonds is 5. The smallest absolute Gasteiger partial charge is 0.245 e. The van der Waals surface area contributed by atoms with Crippen LogP contribution in [0.25, 0.3) is 11.0 Å². The molecular weight excluding hydrogens is 274 g/mol. The maximum absolute atomic E-state index is 12.5. The van der Waals surface area contributed by atoms with Gasteiger partial charge in [0, 0.05) is 13.1 Å². The van der Waals surface area contributed by atoms with Crippen LogP contribution in [0.3, 0.4) is 0 Å².